The minimum Gasteiger partial charge on any atom is -0.379 e. The monoisotopic (exact) mass is 346 g/mol. The van der Waals surface area contributed by atoms with Gasteiger partial charge in [0, 0.05) is 31.7 Å². The van der Waals surface area contributed by atoms with Crippen molar-refractivity contribution in [3.63, 3.8) is 0 Å². The van der Waals surface area contributed by atoms with Gasteiger partial charge in [0.1, 0.15) is 11.6 Å². The molecule has 3 rings (SSSR count). The lowest BCUT2D eigenvalue weighted by Gasteiger charge is -2.26. The van der Waals surface area contributed by atoms with Crippen molar-refractivity contribution in [2.45, 2.75) is 0 Å². The number of benzene rings is 2. The molecular weight excluding hydrogens is 326 g/mol. The Morgan fingerprint density at radius 1 is 1.08 bits per heavy atom. The molecule has 0 bridgehead atoms. The van der Waals surface area contributed by atoms with Gasteiger partial charge < -0.3 is 10.1 Å². The predicted molar refractivity (Wildman–Crippen MR) is 91.4 cm³/mol. The molecule has 1 amide bonds. The minimum atomic E-state index is -0.648. The maximum absolute atomic E-state index is 13.9. The van der Waals surface area contributed by atoms with Crippen molar-refractivity contribution in [1.29, 1.82) is 0 Å². The van der Waals surface area contributed by atoms with Crippen LogP contribution in [0.4, 0.5) is 8.78 Å². The maximum atomic E-state index is 13.9. The number of morpholine rings is 1. The molecule has 0 unspecified atom stereocenters. The number of nitrogens with one attached hydrogen (secondary N) is 1. The number of hydrogen-bond acceptors (Lipinski definition) is 3. The second kappa shape index (κ2) is 8.18. The molecule has 1 heterocycles. The molecule has 1 aliphatic rings. The van der Waals surface area contributed by atoms with Crippen LogP contribution in [0.25, 0.3) is 11.1 Å². The zero-order chi connectivity index (χ0) is 17.6. The van der Waals surface area contributed by atoms with Crippen molar-refractivity contribution in [1.82, 2.24) is 10.2 Å². The molecular formula is C19H20F2N2O2. The Balaban J connectivity index is 1.65. The second-order valence-corrected chi connectivity index (χ2v) is 5.89. The quantitative estimate of drug-likeness (QED) is 0.905. The van der Waals surface area contributed by atoms with Crippen molar-refractivity contribution >= 4 is 5.91 Å². The van der Waals surface area contributed by atoms with E-state index in [9.17, 15) is 13.6 Å². The van der Waals surface area contributed by atoms with Gasteiger partial charge in [-0.05, 0) is 29.8 Å². The third-order valence-electron chi connectivity index (χ3n) is 4.19. The van der Waals surface area contributed by atoms with E-state index in [0.717, 1.165) is 19.6 Å². The third-order valence-corrected chi connectivity index (χ3v) is 4.19. The largest absolute Gasteiger partial charge is 0.379 e. The van der Waals surface area contributed by atoms with Crippen LogP contribution >= 0.6 is 0 Å². The normalized spacial score (nSPS) is 15.1. The van der Waals surface area contributed by atoms with Gasteiger partial charge in [-0.2, -0.15) is 0 Å². The number of nitrogens with zero attached hydrogens (tertiary/aromatic N) is 1. The number of carbonyl (C=O) groups excluding carboxylic acids is 1. The molecule has 1 saturated heterocycles. The van der Waals surface area contributed by atoms with Gasteiger partial charge in [0.15, 0.2) is 0 Å². The highest BCUT2D eigenvalue weighted by Crippen LogP contribution is 2.26. The van der Waals surface area contributed by atoms with Crippen LogP contribution in [0.3, 0.4) is 0 Å². The van der Waals surface area contributed by atoms with Gasteiger partial charge >= 0.3 is 0 Å². The summed E-state index contributed by atoms with van der Waals surface area (Å²) < 4.78 is 33.1. The van der Waals surface area contributed by atoms with E-state index in [0.29, 0.717) is 30.9 Å². The Kier molecular flexibility index (Phi) is 5.73. The van der Waals surface area contributed by atoms with E-state index in [4.69, 9.17) is 4.74 Å². The summed E-state index contributed by atoms with van der Waals surface area (Å²) in [5.74, 6) is -1.55. The molecule has 0 atom stereocenters. The van der Waals surface area contributed by atoms with Gasteiger partial charge in [-0.15, -0.1) is 0 Å². The maximum Gasteiger partial charge on any atom is 0.251 e. The van der Waals surface area contributed by atoms with Crippen molar-refractivity contribution < 1.29 is 18.3 Å². The fourth-order valence-electron chi connectivity index (χ4n) is 2.84. The van der Waals surface area contributed by atoms with Crippen LogP contribution in [0.5, 0.6) is 0 Å². The molecule has 0 aliphatic carbocycles. The molecule has 0 spiro atoms. The number of amides is 1. The molecule has 1 aliphatic heterocycles. The predicted octanol–water partition coefficient (Wildman–Crippen LogP) is 2.69. The first-order chi connectivity index (χ1) is 12.1. The van der Waals surface area contributed by atoms with E-state index < -0.39 is 11.6 Å². The van der Waals surface area contributed by atoms with Gasteiger partial charge in [0.25, 0.3) is 5.91 Å². The minimum absolute atomic E-state index is 0.120. The lowest BCUT2D eigenvalue weighted by Crippen LogP contribution is -2.41. The van der Waals surface area contributed by atoms with E-state index in [2.05, 4.69) is 10.2 Å². The number of halogens is 2. The number of carbonyl (C=O) groups is 1. The highest BCUT2D eigenvalue weighted by Gasteiger charge is 2.14. The number of hydrogen-bond donors (Lipinski definition) is 1. The molecule has 25 heavy (non-hydrogen) atoms. The third kappa shape index (κ3) is 4.41. The number of rotatable bonds is 5. The van der Waals surface area contributed by atoms with Crippen LogP contribution in [0.15, 0.2) is 42.5 Å². The standard InChI is InChI=1S/C19H20F2N2O2/c20-16-5-2-6-17(21)18(16)14-3-1-4-15(13-14)19(24)22-7-8-23-9-11-25-12-10-23/h1-6,13H,7-12H2,(H,22,24). The van der Waals surface area contributed by atoms with Crippen molar-refractivity contribution in [2.75, 3.05) is 39.4 Å². The summed E-state index contributed by atoms with van der Waals surface area (Å²) >= 11 is 0. The highest BCUT2D eigenvalue weighted by atomic mass is 19.1. The summed E-state index contributed by atoms with van der Waals surface area (Å²) in [6.45, 7) is 4.40. The van der Waals surface area contributed by atoms with Crippen LogP contribution in [0, 0.1) is 11.6 Å². The van der Waals surface area contributed by atoms with Crippen molar-refractivity contribution in [3.8, 4) is 11.1 Å². The summed E-state index contributed by atoms with van der Waals surface area (Å²) in [6, 6.07) is 10.1. The van der Waals surface area contributed by atoms with Gasteiger partial charge in [-0.3, -0.25) is 9.69 Å². The highest BCUT2D eigenvalue weighted by molar-refractivity contribution is 5.95. The lowest BCUT2D eigenvalue weighted by molar-refractivity contribution is 0.0383. The summed E-state index contributed by atoms with van der Waals surface area (Å²) in [7, 11) is 0. The van der Waals surface area contributed by atoms with Gasteiger partial charge in [0.05, 0.1) is 18.8 Å². The van der Waals surface area contributed by atoms with E-state index in [-0.39, 0.29) is 11.5 Å². The summed E-state index contributed by atoms with van der Waals surface area (Å²) in [5, 5.41) is 2.85. The summed E-state index contributed by atoms with van der Waals surface area (Å²) in [5.41, 5.74) is 0.601. The van der Waals surface area contributed by atoms with Gasteiger partial charge in [-0.25, -0.2) is 8.78 Å². The fourth-order valence-corrected chi connectivity index (χ4v) is 2.84. The first-order valence-electron chi connectivity index (χ1n) is 8.28. The smallest absolute Gasteiger partial charge is 0.251 e. The topological polar surface area (TPSA) is 41.6 Å². The Labute approximate surface area is 145 Å². The first kappa shape index (κ1) is 17.5. The fraction of sp³-hybridized carbons (Fsp3) is 0.316. The molecule has 132 valence electrons. The van der Waals surface area contributed by atoms with E-state index in [1.165, 1.54) is 24.3 Å². The first-order valence-corrected chi connectivity index (χ1v) is 8.28. The summed E-state index contributed by atoms with van der Waals surface area (Å²) in [4.78, 5) is 14.5. The number of ether oxygens (including phenoxy) is 1. The zero-order valence-electron chi connectivity index (χ0n) is 13.8. The SMILES string of the molecule is O=C(NCCN1CCOCC1)c1cccc(-c2c(F)cccc2F)c1. The molecule has 6 heteroatoms. The average molecular weight is 346 g/mol. The van der Waals surface area contributed by atoms with E-state index >= 15 is 0 Å². The van der Waals surface area contributed by atoms with Crippen LogP contribution in [0.2, 0.25) is 0 Å². The molecule has 1 N–H and O–H groups in total. The van der Waals surface area contributed by atoms with E-state index in [1.54, 1.807) is 18.2 Å². The molecule has 0 radical (unpaired) electrons. The second-order valence-electron chi connectivity index (χ2n) is 5.89. The lowest BCUT2D eigenvalue weighted by atomic mass is 10.0. The summed E-state index contributed by atoms with van der Waals surface area (Å²) in [6.07, 6.45) is 0. The van der Waals surface area contributed by atoms with E-state index in [1.807, 2.05) is 0 Å². The Morgan fingerprint density at radius 3 is 2.48 bits per heavy atom. The molecule has 4 nitrogen and oxygen atoms in total. The van der Waals surface area contributed by atoms with Crippen LogP contribution in [0.1, 0.15) is 10.4 Å². The Hall–Kier alpha value is -2.31. The molecule has 0 aromatic heterocycles. The van der Waals surface area contributed by atoms with Crippen molar-refractivity contribution in [3.05, 3.63) is 59.7 Å². The Bertz CT molecular complexity index is 726. The molecule has 0 saturated carbocycles. The molecule has 1 fully saturated rings. The van der Waals surface area contributed by atoms with Crippen LogP contribution < -0.4 is 5.32 Å². The van der Waals surface area contributed by atoms with Crippen LogP contribution in [-0.2, 0) is 4.74 Å². The average Bonchev–Trinajstić information content (AvgIpc) is 2.63. The van der Waals surface area contributed by atoms with Gasteiger partial charge in [-0.1, -0.05) is 18.2 Å². The Morgan fingerprint density at radius 2 is 1.76 bits per heavy atom. The van der Waals surface area contributed by atoms with Crippen molar-refractivity contribution in [2.24, 2.45) is 0 Å². The van der Waals surface area contributed by atoms with Crippen LogP contribution in [-0.4, -0.2) is 50.2 Å². The zero-order valence-corrected chi connectivity index (χ0v) is 13.8. The molecule has 2 aromatic carbocycles. The van der Waals surface area contributed by atoms with Gasteiger partial charge in [0.2, 0.25) is 0 Å². The molecule has 2 aromatic rings.